The molecule has 0 bridgehead atoms. The largest absolute Gasteiger partial charge is 0.481 e. The number of benzene rings is 2. The number of nitro benzene ring substituents is 1. The van der Waals surface area contributed by atoms with Crippen LogP contribution in [0.25, 0.3) is 0 Å². The number of hydrogen-bond acceptors (Lipinski definition) is 10. The topological polar surface area (TPSA) is 169 Å². The number of nitro groups is 1. The van der Waals surface area contributed by atoms with Crippen molar-refractivity contribution >= 4 is 40.5 Å². The van der Waals surface area contributed by atoms with E-state index >= 15 is 0 Å². The minimum atomic E-state index is -0.885. The molecule has 13 heteroatoms. The van der Waals surface area contributed by atoms with Crippen LogP contribution in [0, 0.1) is 16.0 Å². The molecule has 13 nitrogen and oxygen atoms in total. The Morgan fingerprint density at radius 1 is 0.918 bits per heavy atom. The number of rotatable bonds is 15. The first-order valence-corrected chi connectivity index (χ1v) is 17.4. The predicted octanol–water partition coefficient (Wildman–Crippen LogP) is 5.11. The van der Waals surface area contributed by atoms with Gasteiger partial charge in [-0.25, -0.2) is 9.91 Å². The Labute approximate surface area is 288 Å². The predicted molar refractivity (Wildman–Crippen MR) is 189 cm³/mol. The molecule has 5 rings (SSSR count). The van der Waals surface area contributed by atoms with Gasteiger partial charge in [-0.2, -0.15) is 0 Å². The van der Waals surface area contributed by atoms with Crippen molar-refractivity contribution in [3.8, 4) is 0 Å². The molecule has 0 radical (unpaired) electrons. The number of imide groups is 1. The van der Waals surface area contributed by atoms with Gasteiger partial charge in [-0.15, -0.1) is 0 Å². The van der Waals surface area contributed by atoms with Crippen LogP contribution in [-0.2, 0) is 14.4 Å². The third kappa shape index (κ3) is 10.1. The van der Waals surface area contributed by atoms with Crippen LogP contribution < -0.4 is 20.5 Å². The second-order valence-electron chi connectivity index (χ2n) is 12.8. The number of amides is 2. The summed E-state index contributed by atoms with van der Waals surface area (Å²) >= 11 is 0. The molecule has 3 heterocycles. The summed E-state index contributed by atoms with van der Waals surface area (Å²) in [4.78, 5) is 51.0. The minimum Gasteiger partial charge on any atom is -0.481 e. The molecule has 0 spiro atoms. The van der Waals surface area contributed by atoms with Gasteiger partial charge in [-0.05, 0) is 42.8 Å². The second kappa shape index (κ2) is 18.4. The van der Waals surface area contributed by atoms with Crippen LogP contribution in [0.3, 0.4) is 0 Å². The van der Waals surface area contributed by atoms with Gasteiger partial charge in [0.05, 0.1) is 28.7 Å². The zero-order valence-electron chi connectivity index (χ0n) is 28.5. The van der Waals surface area contributed by atoms with Gasteiger partial charge in [0.15, 0.2) is 0 Å². The highest BCUT2D eigenvalue weighted by atomic mass is 16.6. The summed E-state index contributed by atoms with van der Waals surface area (Å²) in [6, 6.07) is 12.0. The minimum absolute atomic E-state index is 0.0502. The molecular formula is C36H50N6O7. The number of unbranched alkanes of at least 4 members (excludes halogenated alkanes) is 7. The quantitative estimate of drug-likeness (QED) is 0.0649. The number of carboxylic acids is 1. The molecule has 4 atom stereocenters. The fraction of sp³-hybridized carbons (Fsp3) is 0.528. The molecular weight excluding hydrogens is 628 g/mol. The molecule has 2 amide bonds. The second-order valence-corrected chi connectivity index (χ2v) is 12.8. The molecule has 1 unspecified atom stereocenters. The summed E-state index contributed by atoms with van der Waals surface area (Å²) in [6.07, 6.45) is 12.6. The molecule has 3 aliphatic heterocycles. The standard InChI is InChI=1S/C34H46N6O5.C2H4O2/c1-2-3-4-5-6-7-8-9-10-31(41)30-20-19-29-32(39(30)36-25-11-13-28(14-12-25)40(44)45)34(43)38(33(29)42)27-17-15-26(16-18-27)37-23-21-35-22-24-37;1-2(3)4/h11-20,29-32,35-36,41H,2-10,21-24H2,1H3;1H3,(H,3,4)/t29?,30-,31+,32-;/m0./s1. The fourth-order valence-electron chi connectivity index (χ4n) is 6.58. The number of hydrazine groups is 1. The lowest BCUT2D eigenvalue weighted by Gasteiger charge is -2.40. The van der Waals surface area contributed by atoms with Gasteiger partial charge in [-0.1, -0.05) is 70.4 Å². The number of nitrogens with zero attached hydrogens (tertiary/aromatic N) is 4. The number of non-ortho nitro benzene ring substituents is 1. The number of aliphatic hydroxyl groups is 1. The lowest BCUT2D eigenvalue weighted by molar-refractivity contribution is -0.384. The first kappa shape index (κ1) is 37.5. The Morgan fingerprint density at radius 3 is 2.08 bits per heavy atom. The summed E-state index contributed by atoms with van der Waals surface area (Å²) in [6.45, 7) is 6.89. The average Bonchev–Trinajstić information content (AvgIpc) is 3.35. The van der Waals surface area contributed by atoms with Crippen molar-refractivity contribution in [3.05, 3.63) is 70.8 Å². The highest BCUT2D eigenvalue weighted by Crippen LogP contribution is 2.37. The molecule has 0 aromatic heterocycles. The van der Waals surface area contributed by atoms with Crippen molar-refractivity contribution in [1.82, 2.24) is 10.3 Å². The van der Waals surface area contributed by atoms with Crippen molar-refractivity contribution in [2.45, 2.75) is 89.8 Å². The third-order valence-electron chi connectivity index (χ3n) is 9.13. The van der Waals surface area contributed by atoms with E-state index in [9.17, 15) is 24.8 Å². The van der Waals surface area contributed by atoms with E-state index in [0.717, 1.165) is 58.1 Å². The van der Waals surface area contributed by atoms with Crippen LogP contribution in [0.2, 0.25) is 0 Å². The summed E-state index contributed by atoms with van der Waals surface area (Å²) in [7, 11) is 0. The van der Waals surface area contributed by atoms with Gasteiger partial charge in [0.2, 0.25) is 5.91 Å². The van der Waals surface area contributed by atoms with Crippen LogP contribution in [0.15, 0.2) is 60.7 Å². The van der Waals surface area contributed by atoms with Crippen LogP contribution >= 0.6 is 0 Å². The van der Waals surface area contributed by atoms with Crippen LogP contribution in [0.4, 0.5) is 22.7 Å². The Bertz CT molecular complexity index is 1420. The molecule has 3 aliphatic rings. The number of carbonyl (C=O) groups excluding carboxylic acids is 2. The number of anilines is 3. The number of piperazine rings is 1. The maximum atomic E-state index is 14.1. The lowest BCUT2D eigenvalue weighted by atomic mass is 9.91. The molecule has 49 heavy (non-hydrogen) atoms. The highest BCUT2D eigenvalue weighted by Gasteiger charge is 2.54. The molecule has 2 aromatic rings. The van der Waals surface area contributed by atoms with E-state index in [1.165, 1.54) is 49.1 Å². The van der Waals surface area contributed by atoms with Crippen molar-refractivity contribution in [2.24, 2.45) is 5.92 Å². The zero-order valence-corrected chi connectivity index (χ0v) is 28.5. The fourth-order valence-corrected chi connectivity index (χ4v) is 6.58. The number of aliphatic carboxylic acids is 1. The van der Waals surface area contributed by atoms with Crippen LogP contribution in [-0.4, -0.2) is 82.3 Å². The van der Waals surface area contributed by atoms with Gasteiger partial charge < -0.3 is 25.9 Å². The number of carbonyl (C=O) groups is 3. The lowest BCUT2D eigenvalue weighted by Crippen LogP contribution is -2.57. The Morgan fingerprint density at radius 2 is 1.49 bits per heavy atom. The first-order chi connectivity index (χ1) is 23.6. The maximum Gasteiger partial charge on any atom is 0.300 e. The van der Waals surface area contributed by atoms with Crippen LogP contribution in [0.5, 0.6) is 0 Å². The number of hydrogen-bond donors (Lipinski definition) is 4. The highest BCUT2D eigenvalue weighted by molar-refractivity contribution is 6.24. The Balaban J connectivity index is 0.00000128. The maximum absolute atomic E-state index is 14.1. The summed E-state index contributed by atoms with van der Waals surface area (Å²) in [5.74, 6) is -2.26. The Hall–Kier alpha value is -4.33. The van der Waals surface area contributed by atoms with E-state index in [4.69, 9.17) is 9.90 Å². The van der Waals surface area contributed by atoms with Crippen molar-refractivity contribution in [2.75, 3.05) is 41.4 Å². The molecule has 2 aromatic carbocycles. The van der Waals surface area contributed by atoms with Crippen molar-refractivity contribution < 1.29 is 29.5 Å². The van der Waals surface area contributed by atoms with Gasteiger partial charge >= 0.3 is 0 Å². The van der Waals surface area contributed by atoms with Crippen LogP contribution in [0.1, 0.15) is 71.6 Å². The summed E-state index contributed by atoms with van der Waals surface area (Å²) in [5, 5.41) is 35.0. The summed E-state index contributed by atoms with van der Waals surface area (Å²) < 4.78 is 0. The third-order valence-corrected chi connectivity index (χ3v) is 9.13. The van der Waals surface area contributed by atoms with E-state index in [-0.39, 0.29) is 17.5 Å². The number of carboxylic acid groups (broad SMARTS) is 1. The molecule has 4 N–H and O–H groups in total. The first-order valence-electron chi connectivity index (χ1n) is 17.4. The monoisotopic (exact) mass is 678 g/mol. The Kier molecular flexibility index (Phi) is 14.1. The summed E-state index contributed by atoms with van der Waals surface area (Å²) in [5.41, 5.74) is 5.27. The van der Waals surface area contributed by atoms with Gasteiger partial charge in [0, 0.05) is 56.6 Å². The zero-order chi connectivity index (χ0) is 35.3. The van der Waals surface area contributed by atoms with Gasteiger partial charge in [0.1, 0.15) is 6.04 Å². The molecule has 0 saturated carbocycles. The van der Waals surface area contributed by atoms with E-state index in [1.807, 2.05) is 30.3 Å². The number of aliphatic hydroxyl groups excluding tert-OH is 1. The van der Waals surface area contributed by atoms with E-state index in [1.54, 1.807) is 23.2 Å². The normalized spacial score (nSPS) is 21.2. The molecule has 2 fully saturated rings. The average molecular weight is 679 g/mol. The molecule has 0 aliphatic carbocycles. The van der Waals surface area contributed by atoms with E-state index in [2.05, 4.69) is 22.6 Å². The van der Waals surface area contributed by atoms with Crippen molar-refractivity contribution in [1.29, 1.82) is 0 Å². The van der Waals surface area contributed by atoms with Gasteiger partial charge in [-0.3, -0.25) is 24.5 Å². The molecule has 2 saturated heterocycles. The van der Waals surface area contributed by atoms with E-state index in [0.29, 0.717) is 17.8 Å². The smallest absolute Gasteiger partial charge is 0.300 e. The number of nitrogens with one attached hydrogen (secondary N) is 2. The van der Waals surface area contributed by atoms with Gasteiger partial charge in [0.25, 0.3) is 17.6 Å². The SMILES string of the molecule is CC(=O)O.CCCCCCCCCC[C@@H](O)[C@@H]1C=CC2C(=O)N(c3ccc(N4CCNCC4)cc3)C(=O)[C@H]2N1Nc1ccc([N+](=O)[O-])cc1. The molecule has 266 valence electrons. The van der Waals surface area contributed by atoms with Crippen molar-refractivity contribution in [3.63, 3.8) is 0 Å². The van der Waals surface area contributed by atoms with E-state index < -0.39 is 35.0 Å². The number of fused-ring (bicyclic) bond motifs is 1.